The van der Waals surface area contributed by atoms with Gasteiger partial charge in [0.05, 0.1) is 0 Å². The zero-order valence-corrected chi connectivity index (χ0v) is 22.3. The van der Waals surface area contributed by atoms with Crippen LogP contribution in [0.2, 0.25) is 0 Å². The second kappa shape index (κ2) is 12.5. The number of hydrogen-bond acceptors (Lipinski definition) is 4. The van der Waals surface area contributed by atoms with Gasteiger partial charge in [0, 0.05) is 36.5 Å². The van der Waals surface area contributed by atoms with E-state index >= 15 is 0 Å². The molecule has 0 N–H and O–H groups in total. The molecule has 0 radical (unpaired) electrons. The van der Waals surface area contributed by atoms with E-state index < -0.39 is 0 Å². The van der Waals surface area contributed by atoms with Crippen molar-refractivity contribution in [3.63, 3.8) is 0 Å². The molecule has 0 amide bonds. The number of ketones is 1. The third-order valence-corrected chi connectivity index (χ3v) is 7.89. The van der Waals surface area contributed by atoms with Crippen LogP contribution in [0.4, 0.5) is 0 Å². The Kier molecular flexibility index (Phi) is 9.12. The van der Waals surface area contributed by atoms with Gasteiger partial charge in [-0.05, 0) is 99.5 Å². The Morgan fingerprint density at radius 2 is 1.83 bits per heavy atom. The van der Waals surface area contributed by atoms with Crippen molar-refractivity contribution >= 4 is 5.78 Å². The number of pyridine rings is 2. The minimum atomic E-state index is 0.254. The SMILES string of the molecule is CCCC(C)(CCCc1ccncc1)C1=CC=C(Oc2cccc(CCCCCC(C)=O)n2)C2CC12. The van der Waals surface area contributed by atoms with E-state index in [1.807, 2.05) is 24.5 Å². The first-order valence-electron chi connectivity index (χ1n) is 13.9. The van der Waals surface area contributed by atoms with Gasteiger partial charge in [-0.3, -0.25) is 4.98 Å². The number of Topliss-reactive ketones (excluding diaryl/α,β-unsaturated/α-hetero) is 1. The lowest BCUT2D eigenvalue weighted by Gasteiger charge is -2.34. The number of allylic oxidation sites excluding steroid dienone is 4. The molecule has 1 fully saturated rings. The fraction of sp³-hybridized carbons (Fsp3) is 0.531. The Morgan fingerprint density at radius 3 is 2.61 bits per heavy atom. The van der Waals surface area contributed by atoms with Crippen molar-refractivity contribution in [3.05, 3.63) is 77.5 Å². The fourth-order valence-electron chi connectivity index (χ4n) is 5.86. The van der Waals surface area contributed by atoms with Crippen LogP contribution in [0.5, 0.6) is 5.88 Å². The van der Waals surface area contributed by atoms with E-state index in [9.17, 15) is 4.79 Å². The molecule has 0 spiro atoms. The summed E-state index contributed by atoms with van der Waals surface area (Å²) in [5.41, 5.74) is 4.33. The Hall–Kier alpha value is -2.75. The molecule has 3 atom stereocenters. The van der Waals surface area contributed by atoms with Crippen LogP contribution in [-0.2, 0) is 17.6 Å². The Balaban J connectivity index is 1.35. The number of nitrogens with zero attached hydrogens (tertiary/aromatic N) is 2. The summed E-state index contributed by atoms with van der Waals surface area (Å²) in [6.07, 6.45) is 20.3. The van der Waals surface area contributed by atoms with Crippen LogP contribution in [0, 0.1) is 17.3 Å². The van der Waals surface area contributed by atoms with Crippen LogP contribution in [0.15, 0.2) is 66.2 Å². The highest BCUT2D eigenvalue weighted by molar-refractivity contribution is 5.75. The van der Waals surface area contributed by atoms with Gasteiger partial charge in [0.2, 0.25) is 5.88 Å². The van der Waals surface area contributed by atoms with Crippen LogP contribution in [0.3, 0.4) is 0 Å². The first-order valence-corrected chi connectivity index (χ1v) is 13.9. The number of carbonyl (C=O) groups is 1. The van der Waals surface area contributed by atoms with Crippen LogP contribution in [-0.4, -0.2) is 15.8 Å². The molecule has 1 saturated carbocycles. The number of ether oxygens (including phenoxy) is 1. The monoisotopic (exact) mass is 486 g/mol. The summed E-state index contributed by atoms with van der Waals surface area (Å²) in [5.74, 6) is 3.18. The molecule has 2 aliphatic rings. The summed E-state index contributed by atoms with van der Waals surface area (Å²) in [4.78, 5) is 20.0. The molecular weight excluding hydrogens is 444 g/mol. The van der Waals surface area contributed by atoms with Gasteiger partial charge in [0.25, 0.3) is 0 Å². The maximum atomic E-state index is 11.1. The molecule has 3 unspecified atom stereocenters. The summed E-state index contributed by atoms with van der Waals surface area (Å²) in [5, 5.41) is 0. The predicted molar refractivity (Wildman–Crippen MR) is 146 cm³/mol. The van der Waals surface area contributed by atoms with Gasteiger partial charge in [-0.1, -0.05) is 44.4 Å². The second-order valence-corrected chi connectivity index (χ2v) is 11.0. The summed E-state index contributed by atoms with van der Waals surface area (Å²) in [6.45, 7) is 6.45. The van der Waals surface area contributed by atoms with Gasteiger partial charge < -0.3 is 9.53 Å². The lowest BCUT2D eigenvalue weighted by atomic mass is 9.71. The number of aromatic nitrogens is 2. The third-order valence-electron chi connectivity index (χ3n) is 7.89. The molecule has 4 rings (SSSR count). The molecule has 0 saturated heterocycles. The van der Waals surface area contributed by atoms with E-state index in [1.54, 1.807) is 12.5 Å². The number of carbonyl (C=O) groups excluding carboxylic acids is 1. The number of hydrogen-bond donors (Lipinski definition) is 0. The van der Waals surface area contributed by atoms with Gasteiger partial charge in [-0.15, -0.1) is 0 Å². The predicted octanol–water partition coefficient (Wildman–Crippen LogP) is 7.84. The summed E-state index contributed by atoms with van der Waals surface area (Å²) < 4.78 is 6.32. The highest BCUT2D eigenvalue weighted by Crippen LogP contribution is 2.58. The first kappa shape index (κ1) is 26.3. The Labute approximate surface area is 217 Å². The van der Waals surface area contributed by atoms with Crippen LogP contribution in [0.1, 0.15) is 89.8 Å². The Morgan fingerprint density at radius 1 is 1.00 bits per heavy atom. The van der Waals surface area contributed by atoms with Crippen LogP contribution < -0.4 is 4.74 Å². The van der Waals surface area contributed by atoms with Crippen molar-refractivity contribution in [2.24, 2.45) is 17.3 Å². The average Bonchev–Trinajstić information content (AvgIpc) is 3.66. The number of unbranched alkanes of at least 4 members (excludes halogenated alkanes) is 2. The molecule has 4 heteroatoms. The van der Waals surface area contributed by atoms with E-state index in [1.165, 1.54) is 37.7 Å². The molecule has 2 heterocycles. The van der Waals surface area contributed by atoms with Crippen LogP contribution in [0.25, 0.3) is 0 Å². The number of fused-ring (bicyclic) bond motifs is 1. The fourth-order valence-corrected chi connectivity index (χ4v) is 5.86. The minimum Gasteiger partial charge on any atom is -0.443 e. The topological polar surface area (TPSA) is 52.1 Å². The molecule has 192 valence electrons. The van der Waals surface area contributed by atoms with Crippen molar-refractivity contribution in [1.82, 2.24) is 9.97 Å². The maximum Gasteiger partial charge on any atom is 0.218 e. The van der Waals surface area contributed by atoms with Crippen molar-refractivity contribution in [2.45, 2.75) is 91.4 Å². The van der Waals surface area contributed by atoms with Gasteiger partial charge >= 0.3 is 0 Å². The van der Waals surface area contributed by atoms with Gasteiger partial charge in [-0.2, -0.15) is 0 Å². The van der Waals surface area contributed by atoms with Gasteiger partial charge in [0.15, 0.2) is 0 Å². The Bertz CT molecular complexity index is 1070. The standard InChI is InChI=1S/C32H42N2O2/c1-4-19-32(3,20-9-11-25-17-21-33-22-18-25)29-15-16-30(28-23-27(28)29)36-31-14-8-13-26(34-31)12-7-5-6-10-24(2)35/h8,13-18,21-22,27-28H,4-7,9-12,19-20,23H2,1-3H3. The molecule has 2 aromatic heterocycles. The molecule has 0 aromatic carbocycles. The lowest BCUT2D eigenvalue weighted by Crippen LogP contribution is -2.23. The zero-order valence-electron chi connectivity index (χ0n) is 22.3. The summed E-state index contributed by atoms with van der Waals surface area (Å²) >= 11 is 0. The van der Waals surface area contributed by atoms with E-state index in [-0.39, 0.29) is 11.2 Å². The first-order chi connectivity index (χ1) is 17.5. The molecule has 0 aliphatic heterocycles. The van der Waals surface area contributed by atoms with Crippen molar-refractivity contribution < 1.29 is 9.53 Å². The molecule has 2 aliphatic carbocycles. The largest absolute Gasteiger partial charge is 0.443 e. The van der Waals surface area contributed by atoms with E-state index in [4.69, 9.17) is 9.72 Å². The van der Waals surface area contributed by atoms with Crippen molar-refractivity contribution in [3.8, 4) is 5.88 Å². The lowest BCUT2D eigenvalue weighted by molar-refractivity contribution is -0.117. The molecule has 36 heavy (non-hydrogen) atoms. The normalized spacial score (nSPS) is 20.1. The van der Waals surface area contributed by atoms with Gasteiger partial charge in [-0.25, -0.2) is 4.98 Å². The minimum absolute atomic E-state index is 0.254. The van der Waals surface area contributed by atoms with Gasteiger partial charge in [0.1, 0.15) is 11.5 Å². The molecule has 0 bridgehead atoms. The molecular formula is C32H42N2O2. The van der Waals surface area contributed by atoms with E-state index in [0.717, 1.165) is 43.6 Å². The highest BCUT2D eigenvalue weighted by Gasteiger charge is 2.49. The third kappa shape index (κ3) is 7.15. The van der Waals surface area contributed by atoms with Crippen molar-refractivity contribution in [2.75, 3.05) is 0 Å². The van der Waals surface area contributed by atoms with Crippen LogP contribution >= 0.6 is 0 Å². The second-order valence-electron chi connectivity index (χ2n) is 11.0. The molecule has 4 nitrogen and oxygen atoms in total. The maximum absolute atomic E-state index is 11.1. The average molecular weight is 487 g/mol. The zero-order chi connectivity index (χ0) is 25.4. The molecule has 2 aromatic rings. The summed E-state index contributed by atoms with van der Waals surface area (Å²) in [7, 11) is 0. The smallest absolute Gasteiger partial charge is 0.218 e. The quantitative estimate of drug-likeness (QED) is 0.241. The summed E-state index contributed by atoms with van der Waals surface area (Å²) in [6, 6.07) is 10.4. The van der Waals surface area contributed by atoms with E-state index in [2.05, 4.69) is 49.2 Å². The van der Waals surface area contributed by atoms with E-state index in [0.29, 0.717) is 24.1 Å². The highest BCUT2D eigenvalue weighted by atomic mass is 16.5. The number of rotatable bonds is 15. The number of aryl methyl sites for hydroxylation is 2. The van der Waals surface area contributed by atoms with Crippen molar-refractivity contribution in [1.29, 1.82) is 0 Å².